The molecule has 112 valence electrons. The topological polar surface area (TPSA) is 20.3 Å². The molecule has 0 unspecified atom stereocenters. The first-order chi connectivity index (χ1) is 8.93. The minimum absolute atomic E-state index is 0.0513. The van der Waals surface area contributed by atoms with Crippen LogP contribution in [0.15, 0.2) is 12.7 Å². The van der Waals surface area contributed by atoms with E-state index in [1.54, 1.807) is 0 Å². The quantitative estimate of drug-likeness (QED) is 0.405. The highest BCUT2D eigenvalue weighted by Gasteiger charge is 2.23. The molecule has 0 heterocycles. The molecule has 0 saturated heterocycles. The van der Waals surface area contributed by atoms with Gasteiger partial charge in [0.25, 0.3) is 0 Å². The zero-order valence-electron chi connectivity index (χ0n) is 13.5. The number of rotatable bonds is 10. The normalized spacial score (nSPS) is 11.4. The Morgan fingerprint density at radius 3 is 1.89 bits per heavy atom. The Hall–Kier alpha value is -0.790. The maximum atomic E-state index is 11.8. The molecule has 0 radical (unpaired) electrons. The van der Waals surface area contributed by atoms with Gasteiger partial charge in [0.1, 0.15) is 0 Å². The van der Waals surface area contributed by atoms with Crippen LogP contribution in [0, 0.1) is 0 Å². The molecule has 0 fully saturated rings. The number of amides is 1. The molecule has 0 aliphatic rings. The zero-order valence-corrected chi connectivity index (χ0v) is 13.5. The van der Waals surface area contributed by atoms with Crippen LogP contribution in [0.2, 0.25) is 0 Å². The van der Waals surface area contributed by atoms with Crippen molar-refractivity contribution >= 4 is 5.91 Å². The highest BCUT2D eigenvalue weighted by Crippen LogP contribution is 2.16. The third-order valence-corrected chi connectivity index (χ3v) is 3.49. The zero-order chi connectivity index (χ0) is 14.7. The van der Waals surface area contributed by atoms with Crippen molar-refractivity contribution in [2.75, 3.05) is 6.54 Å². The van der Waals surface area contributed by atoms with E-state index >= 15 is 0 Å². The second-order valence-corrected chi connectivity index (χ2v) is 6.34. The van der Waals surface area contributed by atoms with Crippen LogP contribution in [-0.4, -0.2) is 22.9 Å². The Balaban J connectivity index is 3.77. The van der Waals surface area contributed by atoms with E-state index in [2.05, 4.69) is 34.3 Å². The van der Waals surface area contributed by atoms with E-state index in [0.29, 0.717) is 0 Å². The summed E-state index contributed by atoms with van der Waals surface area (Å²) in [6.07, 6.45) is 11.8. The fourth-order valence-corrected chi connectivity index (χ4v) is 2.29. The Kier molecular flexibility index (Phi) is 9.63. The summed E-state index contributed by atoms with van der Waals surface area (Å²) in [5.74, 6) is 0.0513. The van der Waals surface area contributed by atoms with Crippen LogP contribution in [-0.2, 0) is 4.79 Å². The number of carbonyl (C=O) groups is 1. The van der Waals surface area contributed by atoms with Crippen molar-refractivity contribution < 1.29 is 4.79 Å². The van der Waals surface area contributed by atoms with E-state index in [1.807, 2.05) is 4.90 Å². The second kappa shape index (κ2) is 10.1. The molecule has 0 spiro atoms. The van der Waals surface area contributed by atoms with Gasteiger partial charge in [0.15, 0.2) is 0 Å². The Bertz CT molecular complexity index is 252. The van der Waals surface area contributed by atoms with Crippen LogP contribution in [0.3, 0.4) is 0 Å². The van der Waals surface area contributed by atoms with Crippen molar-refractivity contribution in [1.82, 2.24) is 4.90 Å². The summed E-state index contributed by atoms with van der Waals surface area (Å²) in [6, 6.07) is 0. The van der Waals surface area contributed by atoms with Crippen molar-refractivity contribution in [3.8, 4) is 0 Å². The van der Waals surface area contributed by atoms with Gasteiger partial charge in [0, 0.05) is 12.1 Å². The van der Waals surface area contributed by atoms with E-state index in [1.165, 1.54) is 51.0 Å². The van der Waals surface area contributed by atoms with Crippen molar-refractivity contribution in [3.05, 3.63) is 12.7 Å². The van der Waals surface area contributed by atoms with Crippen LogP contribution in [0.1, 0.15) is 79.1 Å². The van der Waals surface area contributed by atoms with Gasteiger partial charge in [-0.05, 0) is 33.3 Å². The van der Waals surface area contributed by atoms with E-state index in [-0.39, 0.29) is 11.4 Å². The van der Waals surface area contributed by atoms with Gasteiger partial charge in [0.2, 0.25) is 5.91 Å². The van der Waals surface area contributed by atoms with Crippen LogP contribution in [0.5, 0.6) is 0 Å². The number of hydrogen-bond acceptors (Lipinski definition) is 1. The molecule has 0 aromatic heterocycles. The summed E-state index contributed by atoms with van der Waals surface area (Å²) < 4.78 is 0. The summed E-state index contributed by atoms with van der Waals surface area (Å²) in [4.78, 5) is 13.7. The molecular formula is C17H33NO. The van der Waals surface area contributed by atoms with Crippen LogP contribution in [0.25, 0.3) is 0 Å². The molecule has 19 heavy (non-hydrogen) atoms. The standard InChI is InChI=1S/C17H33NO/c1-6-8-9-10-11-12-13-14-15-18(16(19)7-2)17(3,4)5/h7H,2,6,8-15H2,1,3-5H3. The Morgan fingerprint density at radius 1 is 1.00 bits per heavy atom. The summed E-state index contributed by atoms with van der Waals surface area (Å²) in [6.45, 7) is 12.9. The third kappa shape index (κ3) is 8.85. The van der Waals surface area contributed by atoms with Crippen molar-refractivity contribution in [1.29, 1.82) is 0 Å². The fraction of sp³-hybridized carbons (Fsp3) is 0.824. The maximum Gasteiger partial charge on any atom is 0.246 e. The van der Waals surface area contributed by atoms with Crippen molar-refractivity contribution in [3.63, 3.8) is 0 Å². The fourth-order valence-electron chi connectivity index (χ4n) is 2.29. The molecule has 0 aromatic carbocycles. The van der Waals surface area contributed by atoms with E-state index in [0.717, 1.165) is 13.0 Å². The minimum Gasteiger partial charge on any atom is -0.334 e. The molecule has 2 heteroatoms. The lowest BCUT2D eigenvalue weighted by Gasteiger charge is -2.35. The Labute approximate surface area is 120 Å². The minimum atomic E-state index is -0.105. The maximum absolute atomic E-state index is 11.8. The lowest BCUT2D eigenvalue weighted by atomic mass is 10.0. The first-order valence-corrected chi connectivity index (χ1v) is 7.87. The molecule has 0 rings (SSSR count). The van der Waals surface area contributed by atoms with E-state index in [4.69, 9.17) is 0 Å². The van der Waals surface area contributed by atoms with Crippen LogP contribution < -0.4 is 0 Å². The highest BCUT2D eigenvalue weighted by atomic mass is 16.2. The van der Waals surface area contributed by atoms with Gasteiger partial charge in [-0.15, -0.1) is 0 Å². The van der Waals surface area contributed by atoms with E-state index < -0.39 is 0 Å². The predicted molar refractivity (Wildman–Crippen MR) is 84.3 cm³/mol. The smallest absolute Gasteiger partial charge is 0.246 e. The highest BCUT2D eigenvalue weighted by molar-refractivity contribution is 5.87. The van der Waals surface area contributed by atoms with Gasteiger partial charge in [-0.3, -0.25) is 4.79 Å². The molecule has 0 N–H and O–H groups in total. The van der Waals surface area contributed by atoms with Gasteiger partial charge in [0.05, 0.1) is 0 Å². The SMILES string of the molecule is C=CC(=O)N(CCCCCCCCCC)C(C)(C)C. The van der Waals surface area contributed by atoms with Crippen LogP contribution in [0.4, 0.5) is 0 Å². The summed E-state index contributed by atoms with van der Waals surface area (Å²) in [5.41, 5.74) is -0.105. The molecule has 0 aromatic rings. The molecule has 0 saturated carbocycles. The largest absolute Gasteiger partial charge is 0.334 e. The van der Waals surface area contributed by atoms with Gasteiger partial charge >= 0.3 is 0 Å². The number of nitrogens with zero attached hydrogens (tertiary/aromatic N) is 1. The number of hydrogen-bond donors (Lipinski definition) is 0. The first kappa shape index (κ1) is 18.2. The van der Waals surface area contributed by atoms with Gasteiger partial charge in [-0.2, -0.15) is 0 Å². The predicted octanol–water partition coefficient (Wildman–Crippen LogP) is 4.94. The van der Waals surface area contributed by atoms with Crippen molar-refractivity contribution in [2.24, 2.45) is 0 Å². The molecule has 0 bridgehead atoms. The van der Waals surface area contributed by atoms with Gasteiger partial charge < -0.3 is 4.90 Å². The lowest BCUT2D eigenvalue weighted by molar-refractivity contribution is -0.130. The molecule has 2 nitrogen and oxygen atoms in total. The lowest BCUT2D eigenvalue weighted by Crippen LogP contribution is -2.45. The molecule has 0 aliphatic heterocycles. The summed E-state index contributed by atoms with van der Waals surface area (Å²) >= 11 is 0. The third-order valence-electron chi connectivity index (χ3n) is 3.49. The van der Waals surface area contributed by atoms with Crippen LogP contribution >= 0.6 is 0 Å². The monoisotopic (exact) mass is 267 g/mol. The summed E-state index contributed by atoms with van der Waals surface area (Å²) in [5, 5.41) is 0. The van der Waals surface area contributed by atoms with E-state index in [9.17, 15) is 4.79 Å². The molecule has 1 amide bonds. The molecule has 0 atom stereocenters. The summed E-state index contributed by atoms with van der Waals surface area (Å²) in [7, 11) is 0. The first-order valence-electron chi connectivity index (χ1n) is 7.87. The van der Waals surface area contributed by atoms with Crippen molar-refractivity contribution in [2.45, 2.75) is 84.6 Å². The second-order valence-electron chi connectivity index (χ2n) is 6.34. The number of carbonyl (C=O) groups excluding carboxylic acids is 1. The average molecular weight is 267 g/mol. The average Bonchev–Trinajstić information content (AvgIpc) is 2.34. The Morgan fingerprint density at radius 2 is 1.47 bits per heavy atom. The molecule has 0 aliphatic carbocycles. The van der Waals surface area contributed by atoms with Gasteiger partial charge in [-0.1, -0.05) is 58.4 Å². The molecular weight excluding hydrogens is 234 g/mol. The van der Waals surface area contributed by atoms with Gasteiger partial charge in [-0.25, -0.2) is 0 Å². The number of unbranched alkanes of at least 4 members (excludes halogenated alkanes) is 7.